The number of rotatable bonds is 8. The minimum absolute atomic E-state index is 0. The quantitative estimate of drug-likeness (QED) is 0.395. The van der Waals surface area contributed by atoms with Crippen LogP contribution < -0.4 is 0 Å². The Bertz CT molecular complexity index is 637. The van der Waals surface area contributed by atoms with Crippen molar-refractivity contribution in [2.24, 2.45) is 4.99 Å². The number of benzene rings is 1. The number of para-hydroxylation sites is 1. The van der Waals surface area contributed by atoms with Crippen LogP contribution in [0.1, 0.15) is 38.5 Å². The van der Waals surface area contributed by atoms with Gasteiger partial charge < -0.3 is 20.2 Å². The fraction of sp³-hybridized carbons (Fsp3) is 0.375. The topological polar surface area (TPSA) is 86.6 Å². The molecule has 0 aliphatic carbocycles. The van der Waals surface area contributed by atoms with E-state index in [1.165, 1.54) is 0 Å². The van der Waals surface area contributed by atoms with Gasteiger partial charge >= 0.3 is 5.97 Å². The second-order valence-electron chi connectivity index (χ2n) is 4.85. The summed E-state index contributed by atoms with van der Waals surface area (Å²) in [6, 6.07) is 7.44. The van der Waals surface area contributed by atoms with Gasteiger partial charge in [0.15, 0.2) is 0 Å². The van der Waals surface area contributed by atoms with Crippen molar-refractivity contribution in [2.75, 3.05) is 0 Å². The molecule has 2 N–H and O–H groups in total. The molecule has 2 aromatic rings. The first-order chi connectivity index (χ1) is 10.2. The Labute approximate surface area is 154 Å². The van der Waals surface area contributed by atoms with Gasteiger partial charge in [0.25, 0.3) is 0 Å². The molecule has 6 heteroatoms. The van der Waals surface area contributed by atoms with Crippen LogP contribution in [0.4, 0.5) is 11.6 Å². The van der Waals surface area contributed by atoms with Gasteiger partial charge in [0, 0.05) is 39.1 Å². The van der Waals surface area contributed by atoms with Crippen molar-refractivity contribution in [3.63, 3.8) is 0 Å². The summed E-state index contributed by atoms with van der Waals surface area (Å²) in [4.78, 5) is 14.6. The maximum absolute atomic E-state index is 10.4. The van der Waals surface area contributed by atoms with E-state index in [9.17, 15) is 4.79 Å². The smallest absolute Gasteiger partial charge is 0.303 e. The number of carbonyl (C=O) groups is 1. The number of nitrogens with one attached hydrogen (secondary N) is 1. The van der Waals surface area contributed by atoms with Crippen LogP contribution in [0.3, 0.4) is 0 Å². The van der Waals surface area contributed by atoms with Crippen molar-refractivity contribution in [3.8, 4) is 0 Å². The van der Waals surface area contributed by atoms with Gasteiger partial charge in [0.05, 0.1) is 0 Å². The summed E-state index contributed by atoms with van der Waals surface area (Å²) in [6.07, 6.45) is 7.40. The van der Waals surface area contributed by atoms with Crippen LogP contribution in [0.5, 0.6) is 0 Å². The SMILES string of the molecule is [NH-]c1oc2ccccc2c1N=[C-]CCCCCCC(=O)O.[Y]. The van der Waals surface area contributed by atoms with Crippen LogP contribution in [0.2, 0.25) is 0 Å². The monoisotopic (exact) mass is 375 g/mol. The minimum atomic E-state index is -0.738. The average Bonchev–Trinajstić information content (AvgIpc) is 2.77. The number of fused-ring (bicyclic) bond motifs is 1. The molecule has 1 aromatic heterocycles. The molecule has 0 saturated carbocycles. The fourth-order valence-corrected chi connectivity index (χ4v) is 2.11. The molecule has 0 unspecified atom stereocenters. The van der Waals surface area contributed by atoms with E-state index < -0.39 is 5.97 Å². The summed E-state index contributed by atoms with van der Waals surface area (Å²) in [5.41, 5.74) is 8.94. The van der Waals surface area contributed by atoms with E-state index >= 15 is 0 Å². The number of furan rings is 1. The Balaban J connectivity index is 0.00000242. The van der Waals surface area contributed by atoms with Crippen LogP contribution >= 0.6 is 0 Å². The van der Waals surface area contributed by atoms with Gasteiger partial charge in [-0.3, -0.25) is 4.79 Å². The van der Waals surface area contributed by atoms with Gasteiger partial charge in [-0.2, -0.15) is 6.21 Å². The van der Waals surface area contributed by atoms with Crippen LogP contribution in [0, 0.1) is 0 Å². The Morgan fingerprint density at radius 2 is 1.95 bits per heavy atom. The molecular weight excluding hydrogens is 357 g/mol. The van der Waals surface area contributed by atoms with E-state index in [1.807, 2.05) is 24.3 Å². The van der Waals surface area contributed by atoms with Crippen molar-refractivity contribution in [3.05, 3.63) is 30.0 Å². The van der Waals surface area contributed by atoms with Gasteiger partial charge in [0.2, 0.25) is 0 Å². The standard InChI is InChI=1S/C16H18N2O3.Y/c17-16-15(12-8-5-6-9-13(12)21-16)18-11-7-3-1-2-4-10-14(19)20;/h5-6,8-9,17H,1-4,7,10H2,(H,19,20);/q-2;. The summed E-state index contributed by atoms with van der Waals surface area (Å²) < 4.78 is 5.31. The summed E-state index contributed by atoms with van der Waals surface area (Å²) in [5, 5.41) is 9.35. The molecule has 2 rings (SSSR count). The van der Waals surface area contributed by atoms with E-state index in [0.717, 1.165) is 31.1 Å². The van der Waals surface area contributed by atoms with Crippen molar-refractivity contribution in [1.82, 2.24) is 0 Å². The molecular formula is C16H18N2O3Y-2. The number of nitrogens with zero attached hydrogens (tertiary/aromatic N) is 1. The zero-order chi connectivity index (χ0) is 15.1. The van der Waals surface area contributed by atoms with Crippen LogP contribution in [0.15, 0.2) is 33.7 Å². The molecule has 1 radical (unpaired) electrons. The normalized spacial score (nSPS) is 10.9. The number of carboxylic acid groups (broad SMARTS) is 1. The van der Waals surface area contributed by atoms with E-state index in [-0.39, 0.29) is 45.0 Å². The van der Waals surface area contributed by atoms with Crippen molar-refractivity contribution < 1.29 is 47.0 Å². The van der Waals surface area contributed by atoms with Crippen molar-refractivity contribution in [2.45, 2.75) is 38.5 Å². The Morgan fingerprint density at radius 1 is 1.23 bits per heavy atom. The van der Waals surface area contributed by atoms with Crippen molar-refractivity contribution in [1.29, 1.82) is 0 Å². The van der Waals surface area contributed by atoms with Gasteiger partial charge in [-0.15, -0.1) is 0 Å². The van der Waals surface area contributed by atoms with Crippen LogP contribution in [0.25, 0.3) is 16.7 Å². The summed E-state index contributed by atoms with van der Waals surface area (Å²) in [6.45, 7) is 0. The van der Waals surface area contributed by atoms with Gasteiger partial charge in [-0.05, 0) is 23.8 Å². The number of aliphatic carboxylic acids is 1. The maximum atomic E-state index is 10.4. The summed E-state index contributed by atoms with van der Waals surface area (Å²) in [5.74, 6) is -0.678. The van der Waals surface area contributed by atoms with E-state index in [2.05, 4.69) is 11.2 Å². The van der Waals surface area contributed by atoms with Gasteiger partial charge in [0.1, 0.15) is 5.58 Å². The molecule has 22 heavy (non-hydrogen) atoms. The first-order valence-corrected chi connectivity index (χ1v) is 7.07. The fourth-order valence-electron chi connectivity index (χ4n) is 2.11. The van der Waals surface area contributed by atoms with E-state index in [1.54, 1.807) is 0 Å². The first-order valence-electron chi connectivity index (χ1n) is 7.07. The number of hydrogen-bond acceptors (Lipinski definition) is 3. The first kappa shape index (κ1) is 18.9. The molecule has 115 valence electrons. The maximum Gasteiger partial charge on any atom is 0.303 e. The zero-order valence-electron chi connectivity index (χ0n) is 12.3. The zero-order valence-corrected chi connectivity index (χ0v) is 15.2. The molecule has 0 spiro atoms. The Kier molecular flexibility index (Phi) is 8.35. The molecule has 0 fully saturated rings. The predicted molar refractivity (Wildman–Crippen MR) is 82.6 cm³/mol. The Hall–Kier alpha value is -1.20. The molecule has 5 nitrogen and oxygen atoms in total. The molecule has 0 amide bonds. The minimum Gasteiger partial charge on any atom is -0.682 e. The van der Waals surface area contributed by atoms with Gasteiger partial charge in [-0.1, -0.05) is 49.6 Å². The summed E-state index contributed by atoms with van der Waals surface area (Å²) in [7, 11) is 0. The number of carboxylic acids is 1. The van der Waals surface area contributed by atoms with Crippen LogP contribution in [-0.4, -0.2) is 17.3 Å². The molecule has 0 aliphatic rings. The Morgan fingerprint density at radius 3 is 2.73 bits per heavy atom. The van der Waals surface area contributed by atoms with Crippen molar-refractivity contribution >= 4 is 34.7 Å². The third kappa shape index (κ3) is 5.54. The number of hydrogen-bond donors (Lipinski definition) is 1. The third-order valence-electron chi connectivity index (χ3n) is 3.19. The number of aliphatic imine (C=N–C) groups is 1. The third-order valence-corrected chi connectivity index (χ3v) is 3.19. The van der Waals surface area contributed by atoms with Crippen LogP contribution in [-0.2, 0) is 37.5 Å². The predicted octanol–water partition coefficient (Wildman–Crippen LogP) is 5.12. The molecule has 0 atom stereocenters. The number of unbranched alkanes of at least 4 members (excludes halogenated alkanes) is 4. The average molecular weight is 375 g/mol. The second-order valence-corrected chi connectivity index (χ2v) is 4.85. The van der Waals surface area contributed by atoms with E-state index in [0.29, 0.717) is 17.7 Å². The molecule has 1 aromatic carbocycles. The molecule has 0 saturated heterocycles. The van der Waals surface area contributed by atoms with E-state index in [4.69, 9.17) is 15.3 Å². The van der Waals surface area contributed by atoms with Gasteiger partial charge in [-0.25, -0.2) is 0 Å². The second kappa shape index (κ2) is 9.75. The molecule has 0 aliphatic heterocycles. The largest absolute Gasteiger partial charge is 0.682 e. The molecule has 1 heterocycles. The summed E-state index contributed by atoms with van der Waals surface area (Å²) >= 11 is 0. The molecule has 0 bridgehead atoms.